The summed E-state index contributed by atoms with van der Waals surface area (Å²) in [5, 5.41) is 16.7. The average Bonchev–Trinajstić information content (AvgIpc) is 2.90. The molecule has 1 amide bonds. The number of benzene rings is 1. The molecule has 0 aliphatic carbocycles. The van der Waals surface area contributed by atoms with Gasteiger partial charge in [0.1, 0.15) is 5.82 Å². The average molecular weight is 364 g/mol. The zero-order valence-corrected chi connectivity index (χ0v) is 15.3. The molecule has 0 aliphatic heterocycles. The van der Waals surface area contributed by atoms with E-state index in [0.717, 1.165) is 11.4 Å². The van der Waals surface area contributed by atoms with Crippen molar-refractivity contribution in [1.29, 1.82) is 0 Å². The van der Waals surface area contributed by atoms with Crippen LogP contribution in [0.5, 0.6) is 0 Å². The fourth-order valence-electron chi connectivity index (χ4n) is 2.25. The summed E-state index contributed by atoms with van der Waals surface area (Å²) in [6.45, 7) is 6.11. The van der Waals surface area contributed by atoms with Gasteiger partial charge < -0.3 is 10.4 Å². The molecule has 0 spiro atoms. The SMILES string of the molecule is CC(C)(C)c1cc(NC(=O)CCCC(=O)O)n(-c2cccc(Cl)c2)n1. The number of carbonyl (C=O) groups excluding carboxylic acids is 1. The minimum atomic E-state index is -0.910. The Morgan fingerprint density at radius 1 is 1.24 bits per heavy atom. The van der Waals surface area contributed by atoms with Crippen molar-refractivity contribution in [2.75, 3.05) is 5.32 Å². The first-order valence-electron chi connectivity index (χ1n) is 8.05. The number of rotatable bonds is 6. The largest absolute Gasteiger partial charge is 0.481 e. The summed E-state index contributed by atoms with van der Waals surface area (Å²) in [4.78, 5) is 22.7. The van der Waals surface area contributed by atoms with E-state index in [9.17, 15) is 9.59 Å². The van der Waals surface area contributed by atoms with Crippen LogP contribution in [0.2, 0.25) is 5.02 Å². The maximum atomic E-state index is 12.1. The van der Waals surface area contributed by atoms with Crippen LogP contribution in [0.15, 0.2) is 30.3 Å². The van der Waals surface area contributed by atoms with Crippen LogP contribution >= 0.6 is 11.6 Å². The second-order valence-corrected chi connectivity index (χ2v) is 7.29. The third kappa shape index (κ3) is 5.32. The molecule has 2 rings (SSSR count). The first kappa shape index (κ1) is 19.0. The number of nitrogens with one attached hydrogen (secondary N) is 1. The number of hydrogen-bond acceptors (Lipinski definition) is 3. The number of aromatic nitrogens is 2. The molecule has 0 atom stereocenters. The molecule has 1 aromatic carbocycles. The smallest absolute Gasteiger partial charge is 0.303 e. The van der Waals surface area contributed by atoms with E-state index in [-0.39, 0.29) is 24.2 Å². The Morgan fingerprint density at radius 2 is 1.96 bits per heavy atom. The van der Waals surface area contributed by atoms with Crippen LogP contribution in [-0.4, -0.2) is 26.8 Å². The van der Waals surface area contributed by atoms with Crippen molar-refractivity contribution in [2.24, 2.45) is 0 Å². The fourth-order valence-corrected chi connectivity index (χ4v) is 2.43. The van der Waals surface area contributed by atoms with Gasteiger partial charge in [-0.1, -0.05) is 38.4 Å². The van der Waals surface area contributed by atoms with Gasteiger partial charge in [0.2, 0.25) is 5.91 Å². The molecule has 2 N–H and O–H groups in total. The van der Waals surface area contributed by atoms with E-state index < -0.39 is 5.97 Å². The van der Waals surface area contributed by atoms with E-state index in [1.807, 2.05) is 39.0 Å². The maximum absolute atomic E-state index is 12.1. The Morgan fingerprint density at radius 3 is 2.56 bits per heavy atom. The van der Waals surface area contributed by atoms with Gasteiger partial charge in [0.25, 0.3) is 0 Å². The van der Waals surface area contributed by atoms with Crippen LogP contribution in [0.25, 0.3) is 5.69 Å². The van der Waals surface area contributed by atoms with E-state index in [0.29, 0.717) is 17.3 Å². The highest BCUT2D eigenvalue weighted by Crippen LogP contribution is 2.27. The minimum absolute atomic E-state index is 0.0335. The van der Waals surface area contributed by atoms with Crippen molar-refractivity contribution in [1.82, 2.24) is 9.78 Å². The zero-order chi connectivity index (χ0) is 18.6. The number of halogens is 1. The lowest BCUT2D eigenvalue weighted by Gasteiger charge is -2.14. The van der Waals surface area contributed by atoms with E-state index >= 15 is 0 Å². The summed E-state index contributed by atoms with van der Waals surface area (Å²) >= 11 is 6.06. The van der Waals surface area contributed by atoms with Gasteiger partial charge in [0.05, 0.1) is 11.4 Å². The first-order chi connectivity index (χ1) is 11.7. The highest BCUT2D eigenvalue weighted by Gasteiger charge is 2.21. The summed E-state index contributed by atoms with van der Waals surface area (Å²) in [5.41, 5.74) is 1.38. The topological polar surface area (TPSA) is 84.2 Å². The van der Waals surface area contributed by atoms with Crippen LogP contribution in [0.3, 0.4) is 0 Å². The van der Waals surface area contributed by atoms with Gasteiger partial charge >= 0.3 is 5.97 Å². The van der Waals surface area contributed by atoms with Crippen molar-refractivity contribution < 1.29 is 14.7 Å². The highest BCUT2D eigenvalue weighted by molar-refractivity contribution is 6.30. The number of carbonyl (C=O) groups is 2. The predicted octanol–water partition coefficient (Wildman–Crippen LogP) is 4.02. The highest BCUT2D eigenvalue weighted by atomic mass is 35.5. The molecule has 0 bridgehead atoms. The first-order valence-corrected chi connectivity index (χ1v) is 8.43. The molecule has 0 aliphatic rings. The minimum Gasteiger partial charge on any atom is -0.481 e. The lowest BCUT2D eigenvalue weighted by molar-refractivity contribution is -0.137. The van der Waals surface area contributed by atoms with Gasteiger partial charge in [0.15, 0.2) is 0 Å². The summed E-state index contributed by atoms with van der Waals surface area (Å²) in [6, 6.07) is 9.03. The van der Waals surface area contributed by atoms with Crippen molar-refractivity contribution in [3.8, 4) is 5.69 Å². The third-order valence-corrected chi connectivity index (χ3v) is 3.83. The van der Waals surface area contributed by atoms with Gasteiger partial charge in [-0.05, 0) is 24.6 Å². The van der Waals surface area contributed by atoms with Gasteiger partial charge in [-0.25, -0.2) is 4.68 Å². The van der Waals surface area contributed by atoms with Crippen molar-refractivity contribution in [3.63, 3.8) is 0 Å². The van der Waals surface area contributed by atoms with Crippen LogP contribution in [0, 0.1) is 0 Å². The van der Waals surface area contributed by atoms with Crippen LogP contribution < -0.4 is 5.32 Å². The summed E-state index contributed by atoms with van der Waals surface area (Å²) < 4.78 is 1.64. The molecule has 0 unspecified atom stereocenters. The number of amides is 1. The van der Waals surface area contributed by atoms with Crippen LogP contribution in [0.4, 0.5) is 5.82 Å². The normalized spacial score (nSPS) is 11.4. The van der Waals surface area contributed by atoms with E-state index in [1.165, 1.54) is 0 Å². The monoisotopic (exact) mass is 363 g/mol. The second kappa shape index (κ2) is 7.70. The quantitative estimate of drug-likeness (QED) is 0.811. The summed E-state index contributed by atoms with van der Waals surface area (Å²) in [7, 11) is 0. The summed E-state index contributed by atoms with van der Waals surface area (Å²) in [6.07, 6.45) is 0.394. The Bertz CT molecular complexity index is 778. The molecule has 1 heterocycles. The van der Waals surface area contributed by atoms with Gasteiger partial charge in [-0.3, -0.25) is 9.59 Å². The number of anilines is 1. The van der Waals surface area contributed by atoms with Crippen molar-refractivity contribution in [3.05, 3.63) is 41.0 Å². The lowest BCUT2D eigenvalue weighted by Crippen LogP contribution is -2.15. The van der Waals surface area contributed by atoms with Crippen molar-refractivity contribution >= 4 is 29.3 Å². The molecule has 0 saturated heterocycles. The van der Waals surface area contributed by atoms with Gasteiger partial charge in [-0.15, -0.1) is 0 Å². The molecule has 2 aromatic rings. The number of carboxylic acids is 1. The molecular weight excluding hydrogens is 342 g/mol. The molecule has 1 aromatic heterocycles. The standard InChI is InChI=1S/C18H22ClN3O3/c1-18(2,3)14-11-15(20-16(23)8-5-9-17(24)25)22(21-14)13-7-4-6-12(19)10-13/h4,6-7,10-11H,5,8-9H2,1-3H3,(H,20,23)(H,24,25). The predicted molar refractivity (Wildman–Crippen MR) is 97.4 cm³/mol. The van der Waals surface area contributed by atoms with Gasteiger partial charge in [0, 0.05) is 29.3 Å². The molecule has 7 heteroatoms. The van der Waals surface area contributed by atoms with E-state index in [1.54, 1.807) is 16.8 Å². The van der Waals surface area contributed by atoms with Crippen LogP contribution in [0.1, 0.15) is 45.7 Å². The Balaban J connectivity index is 2.27. The maximum Gasteiger partial charge on any atom is 0.303 e. The molecule has 6 nitrogen and oxygen atoms in total. The van der Waals surface area contributed by atoms with E-state index in [2.05, 4.69) is 10.4 Å². The molecule has 134 valence electrons. The molecule has 25 heavy (non-hydrogen) atoms. The Labute approximate surface area is 151 Å². The lowest BCUT2D eigenvalue weighted by atomic mass is 9.92. The van der Waals surface area contributed by atoms with E-state index in [4.69, 9.17) is 16.7 Å². The zero-order valence-electron chi connectivity index (χ0n) is 14.5. The molecule has 0 saturated carbocycles. The van der Waals surface area contributed by atoms with Crippen LogP contribution in [-0.2, 0) is 15.0 Å². The Kier molecular flexibility index (Phi) is 5.85. The fraction of sp³-hybridized carbons (Fsp3) is 0.389. The Hall–Kier alpha value is -2.34. The number of aliphatic carboxylic acids is 1. The molecular formula is C18H22ClN3O3. The van der Waals surface area contributed by atoms with Gasteiger partial charge in [-0.2, -0.15) is 5.10 Å². The number of hydrogen-bond donors (Lipinski definition) is 2. The molecule has 0 fully saturated rings. The number of carboxylic acid groups (broad SMARTS) is 1. The third-order valence-electron chi connectivity index (χ3n) is 3.59. The molecule has 0 radical (unpaired) electrons. The number of nitrogens with zero attached hydrogens (tertiary/aromatic N) is 2. The van der Waals surface area contributed by atoms with Crippen molar-refractivity contribution in [2.45, 2.75) is 45.4 Å². The summed E-state index contributed by atoms with van der Waals surface area (Å²) in [5.74, 6) is -0.621. The second-order valence-electron chi connectivity index (χ2n) is 6.85.